The standard InChI is InChI=1S/C7H6O2Si/c8-5-7-3-1-2-4-10(7)6-9/h1-6H. The molecule has 0 spiro atoms. The number of carbonyl (C=O) groups is 2. The predicted molar refractivity (Wildman–Crippen MR) is 39.9 cm³/mol. The summed E-state index contributed by atoms with van der Waals surface area (Å²) in [6, 6.07) is 5.26. The summed E-state index contributed by atoms with van der Waals surface area (Å²) in [5.74, 6) is 0.856. The van der Waals surface area contributed by atoms with Crippen LogP contribution in [0.5, 0.6) is 0 Å². The molecule has 0 saturated carbocycles. The molecule has 1 rings (SSSR count). The minimum absolute atomic E-state index is 0.627. The van der Waals surface area contributed by atoms with Crippen molar-refractivity contribution in [1.82, 2.24) is 0 Å². The smallest absolute Gasteiger partial charge is 0.146 e. The number of aldehydes is 1. The molecule has 0 atom stereocenters. The van der Waals surface area contributed by atoms with E-state index in [1.54, 1.807) is 23.9 Å². The Morgan fingerprint density at radius 1 is 1.30 bits per heavy atom. The summed E-state index contributed by atoms with van der Waals surface area (Å²) in [5.41, 5.74) is 1.79. The van der Waals surface area contributed by atoms with Gasteiger partial charge in [0, 0.05) is 5.17 Å². The first-order valence-electron chi connectivity index (χ1n) is 2.88. The zero-order chi connectivity index (χ0) is 7.40. The quantitative estimate of drug-likeness (QED) is 0.456. The Kier molecular flexibility index (Phi) is 2.23. The Labute approximate surface area is 60.0 Å². The van der Waals surface area contributed by atoms with Gasteiger partial charge in [0.2, 0.25) is 0 Å². The lowest BCUT2D eigenvalue weighted by molar-refractivity contribution is 0.112. The van der Waals surface area contributed by atoms with Gasteiger partial charge in [-0.3, -0.25) is 4.79 Å². The Morgan fingerprint density at radius 3 is 2.60 bits per heavy atom. The average molecular weight is 150 g/mol. The second kappa shape index (κ2) is 3.17. The molecule has 1 heterocycles. The molecule has 10 heavy (non-hydrogen) atoms. The fourth-order valence-electron chi connectivity index (χ4n) is 0.726. The maximum Gasteiger partial charge on any atom is 0.146 e. The highest BCUT2D eigenvalue weighted by Crippen LogP contribution is 1.91. The molecule has 0 aliphatic heterocycles. The Hall–Kier alpha value is -1.09. The summed E-state index contributed by atoms with van der Waals surface area (Å²) in [7, 11) is -1.28. The molecule has 2 nitrogen and oxygen atoms in total. The third-order valence-corrected chi connectivity index (χ3v) is 3.01. The van der Waals surface area contributed by atoms with E-state index in [2.05, 4.69) is 0 Å². The molecule has 0 amide bonds. The highest BCUT2D eigenvalue weighted by Gasteiger charge is 1.97. The van der Waals surface area contributed by atoms with Gasteiger partial charge in [-0.2, -0.15) is 0 Å². The molecule has 0 aliphatic carbocycles. The molecule has 0 N–H and O–H groups in total. The van der Waals surface area contributed by atoms with Crippen LogP contribution in [0.25, 0.3) is 0 Å². The van der Waals surface area contributed by atoms with Crippen LogP contribution < -0.4 is 0 Å². The van der Waals surface area contributed by atoms with Gasteiger partial charge in [-0.25, -0.2) is 0 Å². The van der Waals surface area contributed by atoms with Gasteiger partial charge in [-0.05, 0) is 0 Å². The van der Waals surface area contributed by atoms with Gasteiger partial charge in [0.1, 0.15) is 20.6 Å². The van der Waals surface area contributed by atoms with Crippen molar-refractivity contribution in [3.63, 3.8) is 0 Å². The zero-order valence-electron chi connectivity index (χ0n) is 5.28. The lowest BCUT2D eigenvalue weighted by Crippen LogP contribution is -2.03. The lowest BCUT2D eigenvalue weighted by atomic mass is 10.5. The van der Waals surface area contributed by atoms with Gasteiger partial charge in [0.25, 0.3) is 0 Å². The Balaban J connectivity index is 3.20. The largest absolute Gasteiger partial charge is 0.304 e. The van der Waals surface area contributed by atoms with Crippen LogP contribution in [0.4, 0.5) is 0 Å². The highest BCUT2D eigenvalue weighted by atomic mass is 28.2. The molecule has 0 saturated heterocycles. The first-order chi connectivity index (χ1) is 4.88. The van der Waals surface area contributed by atoms with Crippen LogP contribution in [0.3, 0.4) is 0 Å². The highest BCUT2D eigenvalue weighted by molar-refractivity contribution is 6.81. The van der Waals surface area contributed by atoms with Crippen LogP contribution in [-0.2, 0) is 4.79 Å². The van der Waals surface area contributed by atoms with E-state index >= 15 is 0 Å². The molecule has 0 aliphatic rings. The van der Waals surface area contributed by atoms with Gasteiger partial charge in [-0.15, -0.1) is 0 Å². The zero-order valence-corrected chi connectivity index (χ0v) is 6.28. The number of hydrogen-bond acceptors (Lipinski definition) is 2. The lowest BCUT2D eigenvalue weighted by Gasteiger charge is -1.90. The molecule has 0 fully saturated rings. The van der Waals surface area contributed by atoms with E-state index < -0.39 is 8.40 Å². The van der Waals surface area contributed by atoms with Crippen molar-refractivity contribution in [3.05, 3.63) is 29.1 Å². The van der Waals surface area contributed by atoms with Gasteiger partial charge >= 0.3 is 0 Å². The predicted octanol–water partition coefficient (Wildman–Crippen LogP) is 0.563. The summed E-state index contributed by atoms with van der Waals surface area (Å²) in [6.07, 6.45) is 0.753. The normalized spacial score (nSPS) is 8.80. The van der Waals surface area contributed by atoms with Gasteiger partial charge in [-0.1, -0.05) is 23.9 Å². The van der Waals surface area contributed by atoms with E-state index in [9.17, 15) is 9.59 Å². The fraction of sp³-hybridized carbons (Fsp3) is 0. The summed E-state index contributed by atoms with van der Waals surface area (Å²) in [5, 5.41) is 0.627. The van der Waals surface area contributed by atoms with E-state index in [-0.39, 0.29) is 0 Å². The first kappa shape index (κ1) is 7.02. The number of hydrogen-bond donors (Lipinski definition) is 0. The number of carbonyl (C=O) groups excluding carboxylic acids is 2. The Morgan fingerprint density at radius 2 is 2.10 bits per heavy atom. The molecule has 0 bridgehead atoms. The molecule has 0 radical (unpaired) electrons. The molecular formula is C7H6O2Si. The molecule has 3 heteroatoms. The van der Waals surface area contributed by atoms with E-state index in [0.717, 1.165) is 12.2 Å². The van der Waals surface area contributed by atoms with E-state index in [1.165, 1.54) is 0 Å². The van der Waals surface area contributed by atoms with Gasteiger partial charge in [0.15, 0.2) is 0 Å². The van der Waals surface area contributed by atoms with Crippen molar-refractivity contribution < 1.29 is 9.59 Å². The molecule has 50 valence electrons. The fourth-order valence-corrected chi connectivity index (χ4v) is 1.88. The van der Waals surface area contributed by atoms with Crippen LogP contribution in [0.15, 0.2) is 23.9 Å². The number of rotatable bonds is 2. The van der Waals surface area contributed by atoms with Crippen molar-refractivity contribution in [1.29, 1.82) is 0 Å². The van der Waals surface area contributed by atoms with E-state index in [4.69, 9.17) is 0 Å². The van der Waals surface area contributed by atoms with Crippen molar-refractivity contribution in [3.8, 4) is 0 Å². The summed E-state index contributed by atoms with van der Waals surface area (Å²) < 4.78 is 0. The monoisotopic (exact) mass is 150 g/mol. The summed E-state index contributed by atoms with van der Waals surface area (Å²) in [4.78, 5) is 20.6. The van der Waals surface area contributed by atoms with E-state index in [1.807, 2.05) is 0 Å². The van der Waals surface area contributed by atoms with Crippen LogP contribution >= 0.6 is 0 Å². The van der Waals surface area contributed by atoms with Crippen molar-refractivity contribution in [2.45, 2.75) is 0 Å². The maximum absolute atomic E-state index is 10.3. The molecule has 0 unspecified atom stereocenters. The van der Waals surface area contributed by atoms with Gasteiger partial charge < -0.3 is 4.79 Å². The minimum atomic E-state index is -1.28. The topological polar surface area (TPSA) is 34.1 Å². The van der Waals surface area contributed by atoms with Gasteiger partial charge in [0.05, 0.1) is 0 Å². The van der Waals surface area contributed by atoms with Crippen LogP contribution in [0, 0.1) is 0 Å². The third-order valence-electron chi connectivity index (χ3n) is 1.25. The molecule has 1 aromatic heterocycles. The van der Waals surface area contributed by atoms with E-state index in [0.29, 0.717) is 5.17 Å². The third kappa shape index (κ3) is 1.25. The second-order valence-corrected chi connectivity index (χ2v) is 3.92. The Bertz CT molecular complexity index is 231. The first-order valence-corrected chi connectivity index (χ1v) is 4.53. The maximum atomic E-state index is 10.3. The SMILES string of the molecule is O=Cc1cccc[si]1C=O. The molecule has 0 aromatic carbocycles. The van der Waals surface area contributed by atoms with Crippen molar-refractivity contribution in [2.24, 2.45) is 0 Å². The van der Waals surface area contributed by atoms with Crippen molar-refractivity contribution >= 4 is 20.6 Å². The summed E-state index contributed by atoms with van der Waals surface area (Å²) >= 11 is 0. The van der Waals surface area contributed by atoms with Crippen LogP contribution in [0.2, 0.25) is 0 Å². The average Bonchev–Trinajstić information content (AvgIpc) is 2.04. The van der Waals surface area contributed by atoms with Crippen molar-refractivity contribution in [2.75, 3.05) is 0 Å². The molecule has 1 aromatic rings. The second-order valence-electron chi connectivity index (χ2n) is 1.86. The minimum Gasteiger partial charge on any atom is -0.304 e. The van der Waals surface area contributed by atoms with Crippen LogP contribution in [0.1, 0.15) is 9.97 Å². The molecular weight excluding hydrogens is 144 g/mol. The van der Waals surface area contributed by atoms with Crippen LogP contribution in [-0.4, -0.2) is 20.6 Å². The summed E-state index contributed by atoms with van der Waals surface area (Å²) in [6.45, 7) is 0.